The highest BCUT2D eigenvalue weighted by molar-refractivity contribution is 6.30. The van der Waals surface area contributed by atoms with Crippen LogP contribution in [0.1, 0.15) is 19.3 Å². The summed E-state index contributed by atoms with van der Waals surface area (Å²) in [7, 11) is 1.86. The predicted octanol–water partition coefficient (Wildman–Crippen LogP) is 2.45. The summed E-state index contributed by atoms with van der Waals surface area (Å²) in [6, 6.07) is 1.72. The molecule has 1 aromatic heterocycles. The molecule has 5 heteroatoms. The Morgan fingerprint density at radius 1 is 1.59 bits per heavy atom. The van der Waals surface area contributed by atoms with E-state index < -0.39 is 0 Å². The van der Waals surface area contributed by atoms with Crippen molar-refractivity contribution < 1.29 is 4.39 Å². The maximum Gasteiger partial charge on any atom is 0.167 e. The lowest BCUT2D eigenvalue weighted by Gasteiger charge is -2.28. The zero-order valence-corrected chi connectivity index (χ0v) is 10.7. The molecule has 1 aromatic rings. The molecular weight excluding hydrogens is 241 g/mol. The lowest BCUT2D eigenvalue weighted by molar-refractivity contribution is 0.402. The van der Waals surface area contributed by atoms with Gasteiger partial charge in [0.2, 0.25) is 0 Å². The van der Waals surface area contributed by atoms with Crippen molar-refractivity contribution in [1.82, 2.24) is 10.3 Å². The van der Waals surface area contributed by atoms with Crippen LogP contribution in [-0.2, 0) is 0 Å². The molecule has 1 saturated heterocycles. The van der Waals surface area contributed by atoms with E-state index in [-0.39, 0.29) is 5.82 Å². The number of anilines is 1. The van der Waals surface area contributed by atoms with Crippen molar-refractivity contribution in [3.8, 4) is 0 Å². The average Bonchev–Trinajstić information content (AvgIpc) is 2.30. The van der Waals surface area contributed by atoms with Crippen LogP contribution in [0, 0.1) is 5.82 Å². The van der Waals surface area contributed by atoms with Gasteiger partial charge in [-0.1, -0.05) is 18.0 Å². The summed E-state index contributed by atoms with van der Waals surface area (Å²) in [5.74, 6) is -0.00224. The first-order valence-corrected chi connectivity index (χ1v) is 6.30. The number of nitrogens with one attached hydrogen (secondary N) is 1. The number of rotatable bonds is 3. The second-order valence-electron chi connectivity index (χ2n) is 4.49. The van der Waals surface area contributed by atoms with Gasteiger partial charge in [0.05, 0.1) is 5.02 Å². The summed E-state index contributed by atoms with van der Waals surface area (Å²) in [5.41, 5.74) is 0. The van der Waals surface area contributed by atoms with Gasteiger partial charge in [0.1, 0.15) is 0 Å². The molecule has 2 heterocycles. The molecule has 0 aromatic carbocycles. The summed E-state index contributed by atoms with van der Waals surface area (Å²) in [5, 5.41) is 3.76. The van der Waals surface area contributed by atoms with E-state index >= 15 is 0 Å². The smallest absolute Gasteiger partial charge is 0.167 e. The van der Waals surface area contributed by atoms with Gasteiger partial charge in [-0.15, -0.1) is 0 Å². The van der Waals surface area contributed by atoms with E-state index in [0.717, 1.165) is 19.5 Å². The number of hydrogen-bond donors (Lipinski definition) is 1. The molecule has 1 fully saturated rings. The highest BCUT2D eigenvalue weighted by atomic mass is 35.5. The zero-order valence-electron chi connectivity index (χ0n) is 9.92. The fourth-order valence-corrected chi connectivity index (χ4v) is 2.33. The highest BCUT2D eigenvalue weighted by Crippen LogP contribution is 2.19. The molecule has 0 saturated carbocycles. The lowest BCUT2D eigenvalue weighted by Crippen LogP contribution is -2.42. The summed E-state index contributed by atoms with van der Waals surface area (Å²) in [4.78, 5) is 5.88. The Hall–Kier alpha value is -0.870. The van der Waals surface area contributed by atoms with E-state index in [0.29, 0.717) is 16.9 Å². The van der Waals surface area contributed by atoms with Crippen LogP contribution in [0.3, 0.4) is 0 Å². The van der Waals surface area contributed by atoms with E-state index in [2.05, 4.69) is 10.3 Å². The van der Waals surface area contributed by atoms with Gasteiger partial charge in [0.15, 0.2) is 11.6 Å². The quantitative estimate of drug-likeness (QED) is 0.902. The minimum absolute atomic E-state index is 0.329. The third kappa shape index (κ3) is 3.30. The molecule has 2 rings (SSSR count). The van der Waals surface area contributed by atoms with Crippen LogP contribution in [0.4, 0.5) is 10.2 Å². The summed E-state index contributed by atoms with van der Waals surface area (Å²) >= 11 is 5.68. The monoisotopic (exact) mass is 257 g/mol. The zero-order chi connectivity index (χ0) is 12.3. The first kappa shape index (κ1) is 12.6. The van der Waals surface area contributed by atoms with Gasteiger partial charge in [0.25, 0.3) is 0 Å². The molecule has 0 radical (unpaired) electrons. The second kappa shape index (κ2) is 5.65. The van der Waals surface area contributed by atoms with Crippen molar-refractivity contribution in [3.05, 3.63) is 23.1 Å². The molecule has 94 valence electrons. The number of halogens is 2. The molecule has 0 aliphatic carbocycles. The minimum atomic E-state index is -0.365. The Bertz CT molecular complexity index is 380. The SMILES string of the molecule is CN(CC1CCCCN1)c1ncc(Cl)cc1F. The van der Waals surface area contributed by atoms with Crippen LogP contribution in [0.2, 0.25) is 5.02 Å². The van der Waals surface area contributed by atoms with Crippen LogP contribution >= 0.6 is 11.6 Å². The fraction of sp³-hybridized carbons (Fsp3) is 0.583. The molecule has 0 bridgehead atoms. The number of aromatic nitrogens is 1. The normalized spacial score (nSPS) is 20.3. The van der Waals surface area contributed by atoms with Crippen molar-refractivity contribution in [1.29, 1.82) is 0 Å². The molecule has 1 aliphatic heterocycles. The van der Waals surface area contributed by atoms with E-state index in [4.69, 9.17) is 11.6 Å². The van der Waals surface area contributed by atoms with Gasteiger partial charge >= 0.3 is 0 Å². The second-order valence-corrected chi connectivity index (χ2v) is 4.92. The summed E-state index contributed by atoms with van der Waals surface area (Å²) in [6.45, 7) is 1.82. The Balaban J connectivity index is 2.00. The number of piperidine rings is 1. The molecule has 1 atom stereocenters. The number of hydrogen-bond acceptors (Lipinski definition) is 3. The maximum atomic E-state index is 13.6. The van der Waals surface area contributed by atoms with Crippen LogP contribution in [0.25, 0.3) is 0 Å². The summed E-state index contributed by atoms with van der Waals surface area (Å²) < 4.78 is 13.6. The number of nitrogens with zero attached hydrogens (tertiary/aromatic N) is 2. The van der Waals surface area contributed by atoms with E-state index in [1.807, 2.05) is 11.9 Å². The van der Waals surface area contributed by atoms with Crippen LogP contribution in [-0.4, -0.2) is 31.2 Å². The van der Waals surface area contributed by atoms with Crippen molar-refractivity contribution in [2.75, 3.05) is 25.0 Å². The van der Waals surface area contributed by atoms with Crippen molar-refractivity contribution >= 4 is 17.4 Å². The standard InChI is InChI=1S/C12H17ClFN3/c1-17(8-10-4-2-3-5-15-10)12-11(14)6-9(13)7-16-12/h6-7,10,15H,2-5,8H2,1H3. The third-order valence-electron chi connectivity index (χ3n) is 3.06. The summed E-state index contributed by atoms with van der Waals surface area (Å²) in [6.07, 6.45) is 5.08. The van der Waals surface area contributed by atoms with Gasteiger partial charge in [-0.2, -0.15) is 0 Å². The maximum absolute atomic E-state index is 13.6. The van der Waals surface area contributed by atoms with Gasteiger partial charge in [0, 0.05) is 25.8 Å². The Morgan fingerprint density at radius 2 is 2.41 bits per heavy atom. The van der Waals surface area contributed by atoms with Crippen LogP contribution < -0.4 is 10.2 Å². The van der Waals surface area contributed by atoms with E-state index in [1.54, 1.807) is 0 Å². The molecule has 17 heavy (non-hydrogen) atoms. The minimum Gasteiger partial charge on any atom is -0.356 e. The molecular formula is C12H17ClFN3. The van der Waals surface area contributed by atoms with Gasteiger partial charge in [-0.05, 0) is 25.5 Å². The first-order chi connectivity index (χ1) is 8.16. The Kier molecular flexibility index (Phi) is 4.18. The van der Waals surface area contributed by atoms with Crippen molar-refractivity contribution in [3.63, 3.8) is 0 Å². The Labute approximate surface area is 106 Å². The van der Waals surface area contributed by atoms with E-state index in [9.17, 15) is 4.39 Å². The van der Waals surface area contributed by atoms with Gasteiger partial charge < -0.3 is 10.2 Å². The van der Waals surface area contributed by atoms with E-state index in [1.165, 1.54) is 25.1 Å². The van der Waals surface area contributed by atoms with Crippen LogP contribution in [0.15, 0.2) is 12.3 Å². The topological polar surface area (TPSA) is 28.2 Å². The van der Waals surface area contributed by atoms with Crippen molar-refractivity contribution in [2.45, 2.75) is 25.3 Å². The molecule has 3 nitrogen and oxygen atoms in total. The molecule has 1 N–H and O–H groups in total. The Morgan fingerprint density at radius 3 is 3.06 bits per heavy atom. The highest BCUT2D eigenvalue weighted by Gasteiger charge is 2.17. The predicted molar refractivity (Wildman–Crippen MR) is 68.1 cm³/mol. The molecule has 0 spiro atoms. The average molecular weight is 258 g/mol. The largest absolute Gasteiger partial charge is 0.356 e. The third-order valence-corrected chi connectivity index (χ3v) is 3.26. The number of likely N-dealkylation sites (N-methyl/N-ethyl adjacent to an activating group) is 1. The fourth-order valence-electron chi connectivity index (χ4n) is 2.19. The lowest BCUT2D eigenvalue weighted by atomic mass is 10.0. The van der Waals surface area contributed by atoms with Crippen molar-refractivity contribution in [2.24, 2.45) is 0 Å². The molecule has 1 unspecified atom stereocenters. The van der Waals surface area contributed by atoms with Crippen LogP contribution in [0.5, 0.6) is 0 Å². The van der Waals surface area contributed by atoms with Gasteiger partial charge in [-0.25, -0.2) is 9.37 Å². The number of pyridine rings is 1. The molecule has 0 amide bonds. The molecule has 1 aliphatic rings. The van der Waals surface area contributed by atoms with Gasteiger partial charge in [-0.3, -0.25) is 0 Å². The first-order valence-electron chi connectivity index (χ1n) is 5.92.